The van der Waals surface area contributed by atoms with Gasteiger partial charge in [-0.05, 0) is 32.0 Å². The average molecular weight is 252 g/mol. The third-order valence-corrected chi connectivity index (χ3v) is 3.54. The third kappa shape index (κ3) is 2.91. The summed E-state index contributed by atoms with van der Waals surface area (Å²) in [5.74, 6) is -0.964. The van der Waals surface area contributed by atoms with Crippen molar-refractivity contribution in [2.45, 2.75) is 32.4 Å². The van der Waals surface area contributed by atoms with Gasteiger partial charge in [0, 0.05) is 24.7 Å². The van der Waals surface area contributed by atoms with Gasteiger partial charge in [0.15, 0.2) is 0 Å². The van der Waals surface area contributed by atoms with E-state index in [1.165, 1.54) is 25.6 Å². The first kappa shape index (κ1) is 13.1. The van der Waals surface area contributed by atoms with E-state index in [1.807, 2.05) is 0 Å². The molecule has 1 unspecified atom stereocenters. The third-order valence-electron chi connectivity index (χ3n) is 3.54. The van der Waals surface area contributed by atoms with Gasteiger partial charge >= 0.3 is 5.97 Å². The Bertz CT molecular complexity index is 403. The van der Waals surface area contributed by atoms with E-state index >= 15 is 0 Å². The van der Waals surface area contributed by atoms with Crippen molar-refractivity contribution in [1.29, 1.82) is 0 Å². The molecular weight excluding hydrogens is 232 g/mol. The lowest BCUT2D eigenvalue weighted by Gasteiger charge is -2.22. The molecule has 1 aliphatic heterocycles. The fourth-order valence-corrected chi connectivity index (χ4v) is 2.58. The average Bonchev–Trinajstić information content (AvgIpc) is 2.97. The normalized spacial score (nSPS) is 20.4. The number of hydrogen-bond acceptors (Lipinski definition) is 4. The zero-order valence-electron chi connectivity index (χ0n) is 10.7. The maximum Gasteiger partial charge on any atom is 0.372 e. The van der Waals surface area contributed by atoms with Crippen molar-refractivity contribution in [3.05, 3.63) is 23.7 Å². The number of nitrogens with zero attached hydrogens (tertiary/aromatic N) is 1. The van der Waals surface area contributed by atoms with Gasteiger partial charge in [-0.25, -0.2) is 4.79 Å². The van der Waals surface area contributed by atoms with Crippen molar-refractivity contribution >= 4 is 5.97 Å². The van der Waals surface area contributed by atoms with Gasteiger partial charge in [0.05, 0.1) is 6.26 Å². The van der Waals surface area contributed by atoms with E-state index in [0.717, 1.165) is 13.1 Å². The van der Waals surface area contributed by atoms with Gasteiger partial charge in [-0.2, -0.15) is 0 Å². The van der Waals surface area contributed by atoms with Gasteiger partial charge in [0.25, 0.3) is 0 Å². The highest BCUT2D eigenvalue weighted by Crippen LogP contribution is 2.16. The molecule has 1 aromatic rings. The molecule has 0 bridgehead atoms. The second-order valence-electron chi connectivity index (χ2n) is 4.64. The van der Waals surface area contributed by atoms with Crippen LogP contribution >= 0.6 is 0 Å². The molecule has 1 fully saturated rings. The largest absolute Gasteiger partial charge is 0.475 e. The topological polar surface area (TPSA) is 65.7 Å². The van der Waals surface area contributed by atoms with Gasteiger partial charge in [-0.15, -0.1) is 0 Å². The quantitative estimate of drug-likeness (QED) is 0.804. The Morgan fingerprint density at radius 1 is 1.67 bits per heavy atom. The van der Waals surface area contributed by atoms with Crippen molar-refractivity contribution < 1.29 is 14.3 Å². The van der Waals surface area contributed by atoms with Crippen molar-refractivity contribution in [3.63, 3.8) is 0 Å². The number of likely N-dealkylation sites (N-methyl/N-ethyl adjacent to an activating group) is 1. The molecule has 2 rings (SSSR count). The number of rotatable bonds is 6. The summed E-state index contributed by atoms with van der Waals surface area (Å²) in [6.45, 7) is 5.88. The minimum atomic E-state index is -1.01. The van der Waals surface area contributed by atoms with E-state index in [4.69, 9.17) is 9.52 Å². The molecule has 0 spiro atoms. The van der Waals surface area contributed by atoms with E-state index in [0.29, 0.717) is 18.2 Å². The van der Waals surface area contributed by atoms with Crippen LogP contribution < -0.4 is 5.32 Å². The molecule has 0 radical (unpaired) electrons. The van der Waals surface area contributed by atoms with Crippen LogP contribution in [0.15, 0.2) is 16.7 Å². The number of aromatic carboxylic acids is 1. The van der Waals surface area contributed by atoms with Gasteiger partial charge in [0.1, 0.15) is 0 Å². The highest BCUT2D eigenvalue weighted by molar-refractivity contribution is 5.86. The molecule has 1 aromatic heterocycles. The Labute approximate surface area is 107 Å². The van der Waals surface area contributed by atoms with Crippen molar-refractivity contribution in [2.24, 2.45) is 0 Å². The number of carbonyl (C=O) groups is 1. The van der Waals surface area contributed by atoms with E-state index in [9.17, 15) is 4.79 Å². The molecule has 5 nitrogen and oxygen atoms in total. The summed E-state index contributed by atoms with van der Waals surface area (Å²) in [5, 5.41) is 12.2. The minimum absolute atomic E-state index is 0.0428. The fraction of sp³-hybridized carbons (Fsp3) is 0.615. The number of carboxylic acid groups (broad SMARTS) is 1. The second kappa shape index (κ2) is 6.02. The van der Waals surface area contributed by atoms with Crippen LogP contribution in [0.3, 0.4) is 0 Å². The monoisotopic (exact) mass is 252 g/mol. The lowest BCUT2D eigenvalue weighted by Crippen LogP contribution is -2.37. The van der Waals surface area contributed by atoms with Crippen LogP contribution in [0.4, 0.5) is 0 Å². The Morgan fingerprint density at radius 3 is 3.22 bits per heavy atom. The van der Waals surface area contributed by atoms with Gasteiger partial charge in [-0.1, -0.05) is 6.92 Å². The zero-order valence-corrected chi connectivity index (χ0v) is 10.7. The smallest absolute Gasteiger partial charge is 0.372 e. The zero-order chi connectivity index (χ0) is 13.0. The van der Waals surface area contributed by atoms with E-state index in [2.05, 4.69) is 17.1 Å². The molecule has 0 saturated carbocycles. The number of carboxylic acids is 1. The SMILES string of the molecule is CCN1CCCC1CNCc1ccoc1C(=O)O. The highest BCUT2D eigenvalue weighted by Gasteiger charge is 2.22. The predicted octanol–water partition coefficient (Wildman–Crippen LogP) is 1.55. The van der Waals surface area contributed by atoms with Gasteiger partial charge in [0.2, 0.25) is 5.76 Å². The highest BCUT2D eigenvalue weighted by atomic mass is 16.4. The molecule has 1 aliphatic rings. The van der Waals surface area contributed by atoms with E-state index in [1.54, 1.807) is 6.07 Å². The van der Waals surface area contributed by atoms with Gasteiger partial charge in [-0.3, -0.25) is 4.90 Å². The minimum Gasteiger partial charge on any atom is -0.475 e. The Balaban J connectivity index is 1.81. The van der Waals surface area contributed by atoms with Crippen LogP contribution in [-0.2, 0) is 6.54 Å². The Morgan fingerprint density at radius 2 is 2.50 bits per heavy atom. The van der Waals surface area contributed by atoms with Crippen LogP contribution in [0, 0.1) is 0 Å². The molecule has 1 atom stereocenters. The Kier molecular flexibility index (Phi) is 4.38. The summed E-state index contributed by atoms with van der Waals surface area (Å²) < 4.78 is 4.94. The number of likely N-dealkylation sites (tertiary alicyclic amines) is 1. The summed E-state index contributed by atoms with van der Waals surface area (Å²) in [4.78, 5) is 13.3. The number of furan rings is 1. The first-order valence-corrected chi connectivity index (χ1v) is 6.46. The standard InChI is InChI=1S/C13H20N2O3/c1-2-15-6-3-4-11(15)9-14-8-10-5-7-18-12(10)13(16)17/h5,7,11,14H,2-4,6,8-9H2,1H3,(H,16,17). The molecule has 1 saturated heterocycles. The van der Waals surface area contributed by atoms with Crippen LogP contribution in [0.2, 0.25) is 0 Å². The predicted molar refractivity (Wildman–Crippen MR) is 67.6 cm³/mol. The summed E-state index contributed by atoms with van der Waals surface area (Å²) in [7, 11) is 0. The first-order valence-electron chi connectivity index (χ1n) is 6.46. The summed E-state index contributed by atoms with van der Waals surface area (Å²) >= 11 is 0. The molecule has 5 heteroatoms. The van der Waals surface area contributed by atoms with E-state index < -0.39 is 5.97 Å². The molecule has 0 amide bonds. The molecule has 0 aliphatic carbocycles. The molecule has 18 heavy (non-hydrogen) atoms. The van der Waals surface area contributed by atoms with Crippen LogP contribution in [0.25, 0.3) is 0 Å². The molecule has 0 aromatic carbocycles. The molecule has 2 heterocycles. The molecule has 2 N–H and O–H groups in total. The maximum absolute atomic E-state index is 10.9. The van der Waals surface area contributed by atoms with Crippen molar-refractivity contribution in [1.82, 2.24) is 10.2 Å². The van der Waals surface area contributed by atoms with Crippen molar-refractivity contribution in [3.8, 4) is 0 Å². The van der Waals surface area contributed by atoms with Crippen LogP contribution in [-0.4, -0.2) is 41.7 Å². The maximum atomic E-state index is 10.9. The van der Waals surface area contributed by atoms with Crippen LogP contribution in [0.5, 0.6) is 0 Å². The summed E-state index contributed by atoms with van der Waals surface area (Å²) in [6, 6.07) is 2.29. The van der Waals surface area contributed by atoms with Crippen LogP contribution in [0.1, 0.15) is 35.9 Å². The van der Waals surface area contributed by atoms with Gasteiger partial charge < -0.3 is 14.8 Å². The Hall–Kier alpha value is -1.33. The second-order valence-corrected chi connectivity index (χ2v) is 4.64. The number of hydrogen-bond donors (Lipinski definition) is 2. The number of nitrogens with one attached hydrogen (secondary N) is 1. The lowest BCUT2D eigenvalue weighted by atomic mass is 10.2. The van der Waals surface area contributed by atoms with E-state index in [-0.39, 0.29) is 5.76 Å². The molecular formula is C13H20N2O3. The first-order chi connectivity index (χ1) is 8.72. The van der Waals surface area contributed by atoms with Crippen molar-refractivity contribution in [2.75, 3.05) is 19.6 Å². The lowest BCUT2D eigenvalue weighted by molar-refractivity contribution is 0.0660. The molecule has 100 valence electrons. The summed E-state index contributed by atoms with van der Waals surface area (Å²) in [6.07, 6.45) is 3.90. The fourth-order valence-electron chi connectivity index (χ4n) is 2.58. The summed E-state index contributed by atoms with van der Waals surface area (Å²) in [5.41, 5.74) is 0.712.